The van der Waals surface area contributed by atoms with Crippen LogP contribution < -0.4 is 0 Å². The van der Waals surface area contributed by atoms with Gasteiger partial charge in [0, 0.05) is 31.8 Å². The van der Waals surface area contributed by atoms with Crippen molar-refractivity contribution in [3.63, 3.8) is 0 Å². The highest BCUT2D eigenvalue weighted by Crippen LogP contribution is 2.22. The monoisotopic (exact) mass is 327 g/mol. The summed E-state index contributed by atoms with van der Waals surface area (Å²) in [5.41, 5.74) is 0.626. The summed E-state index contributed by atoms with van der Waals surface area (Å²) in [4.78, 5) is 13.5. The number of nitrogens with zero attached hydrogens (tertiary/aromatic N) is 3. The topological polar surface area (TPSA) is 58.4 Å². The van der Waals surface area contributed by atoms with Crippen LogP contribution in [0.1, 0.15) is 39.0 Å². The van der Waals surface area contributed by atoms with E-state index in [1.165, 1.54) is 11.0 Å². The van der Waals surface area contributed by atoms with E-state index in [1.54, 1.807) is 31.7 Å². The zero-order valence-electron chi connectivity index (χ0n) is 14.2. The maximum atomic E-state index is 12.1. The van der Waals surface area contributed by atoms with E-state index in [0.717, 1.165) is 17.8 Å². The molecule has 0 spiro atoms. The van der Waals surface area contributed by atoms with Crippen LogP contribution in [0.15, 0.2) is 6.08 Å². The first kappa shape index (κ1) is 18.7. The lowest BCUT2D eigenvalue weighted by Gasteiger charge is -2.24. The maximum absolute atomic E-state index is 12.1. The summed E-state index contributed by atoms with van der Waals surface area (Å²) < 4.78 is 1.76. The molecule has 1 aromatic rings. The zero-order valence-corrected chi connectivity index (χ0v) is 15.0. The third kappa shape index (κ3) is 5.46. The number of likely N-dealkylation sites (N-methyl/N-ethyl adjacent to an activating group) is 1. The van der Waals surface area contributed by atoms with Crippen LogP contribution in [-0.2, 0) is 11.3 Å². The van der Waals surface area contributed by atoms with Gasteiger partial charge in [-0.1, -0.05) is 25.4 Å². The van der Waals surface area contributed by atoms with Crippen molar-refractivity contribution in [1.29, 1.82) is 0 Å². The highest BCUT2D eigenvalue weighted by Gasteiger charge is 2.18. The van der Waals surface area contributed by atoms with Gasteiger partial charge in [0.1, 0.15) is 5.15 Å². The molecule has 0 aliphatic rings. The second-order valence-corrected chi connectivity index (χ2v) is 7.06. The Balaban J connectivity index is 2.86. The number of hydrogen-bond donors (Lipinski definition) is 1. The summed E-state index contributed by atoms with van der Waals surface area (Å²) >= 11 is 6.33. The van der Waals surface area contributed by atoms with E-state index < -0.39 is 5.60 Å². The molecule has 22 heavy (non-hydrogen) atoms. The van der Waals surface area contributed by atoms with E-state index in [1.807, 2.05) is 6.92 Å². The third-order valence-electron chi connectivity index (χ3n) is 3.04. The number of halogens is 1. The van der Waals surface area contributed by atoms with Crippen LogP contribution in [0.5, 0.6) is 0 Å². The van der Waals surface area contributed by atoms with Gasteiger partial charge in [0.2, 0.25) is 5.91 Å². The van der Waals surface area contributed by atoms with Crippen molar-refractivity contribution in [3.8, 4) is 0 Å². The molecule has 1 amide bonds. The Morgan fingerprint density at radius 3 is 2.59 bits per heavy atom. The smallest absolute Gasteiger partial charge is 0.246 e. The molecule has 0 fully saturated rings. The van der Waals surface area contributed by atoms with Crippen molar-refractivity contribution in [2.45, 2.75) is 46.8 Å². The summed E-state index contributed by atoms with van der Waals surface area (Å²) in [6.45, 7) is 10.4. The minimum absolute atomic E-state index is 0.186. The first-order valence-corrected chi connectivity index (χ1v) is 7.77. The molecule has 0 saturated carbocycles. The van der Waals surface area contributed by atoms with E-state index in [2.05, 4.69) is 18.9 Å². The predicted octanol–water partition coefficient (Wildman–Crippen LogP) is 2.74. The quantitative estimate of drug-likeness (QED) is 0.817. The molecule has 5 nitrogen and oxygen atoms in total. The van der Waals surface area contributed by atoms with Crippen molar-refractivity contribution >= 4 is 23.6 Å². The van der Waals surface area contributed by atoms with E-state index in [-0.39, 0.29) is 12.5 Å². The van der Waals surface area contributed by atoms with E-state index in [0.29, 0.717) is 11.1 Å². The lowest BCUT2D eigenvalue weighted by molar-refractivity contribution is -0.127. The summed E-state index contributed by atoms with van der Waals surface area (Å²) in [6.07, 6.45) is 3.14. The van der Waals surface area contributed by atoms with Crippen molar-refractivity contribution in [1.82, 2.24) is 14.7 Å². The molecule has 124 valence electrons. The molecular formula is C16H26ClN3O2. The average molecular weight is 328 g/mol. The minimum Gasteiger partial charge on any atom is -0.389 e. The Kier molecular flexibility index (Phi) is 6.20. The number of carbonyl (C=O) groups is 1. The second kappa shape index (κ2) is 7.29. The van der Waals surface area contributed by atoms with Crippen LogP contribution in [0.2, 0.25) is 5.15 Å². The molecule has 0 atom stereocenters. The summed E-state index contributed by atoms with van der Waals surface area (Å²) in [5.74, 6) is 0.252. The number of hydrogen-bond acceptors (Lipinski definition) is 3. The number of aliphatic hydroxyl groups is 1. The standard InChI is InChI=1S/C16H26ClN3O2/c1-11(2)9-20-15(17)13(12(3)18-20)7-8-14(21)19(6)10-16(4,5)22/h7-8,11,22H,9-10H2,1-6H3/b8-7+. The van der Waals surface area contributed by atoms with Crippen molar-refractivity contribution < 1.29 is 9.90 Å². The van der Waals surface area contributed by atoms with Crippen LogP contribution in [0, 0.1) is 12.8 Å². The number of aromatic nitrogens is 2. The van der Waals surface area contributed by atoms with E-state index in [4.69, 9.17) is 11.6 Å². The first-order valence-electron chi connectivity index (χ1n) is 7.39. The van der Waals surface area contributed by atoms with Gasteiger partial charge >= 0.3 is 0 Å². The second-order valence-electron chi connectivity index (χ2n) is 6.71. The average Bonchev–Trinajstić information content (AvgIpc) is 2.59. The van der Waals surface area contributed by atoms with Crippen LogP contribution >= 0.6 is 11.6 Å². The number of amides is 1. The van der Waals surface area contributed by atoms with Gasteiger partial charge in [-0.05, 0) is 32.8 Å². The molecular weight excluding hydrogens is 302 g/mol. The molecule has 1 rings (SSSR count). The first-order chi connectivity index (χ1) is 10.0. The number of carbonyl (C=O) groups excluding carboxylic acids is 1. The van der Waals surface area contributed by atoms with Gasteiger partial charge in [0.05, 0.1) is 11.3 Å². The molecule has 0 radical (unpaired) electrons. The largest absolute Gasteiger partial charge is 0.389 e. The highest BCUT2D eigenvalue weighted by atomic mass is 35.5. The van der Waals surface area contributed by atoms with Crippen LogP contribution in [0.25, 0.3) is 6.08 Å². The Hall–Kier alpha value is -1.33. The lowest BCUT2D eigenvalue weighted by Crippen LogP contribution is -2.38. The Morgan fingerprint density at radius 2 is 2.09 bits per heavy atom. The van der Waals surface area contributed by atoms with Crippen LogP contribution in [0.3, 0.4) is 0 Å². The van der Waals surface area contributed by atoms with Crippen LogP contribution in [0.4, 0.5) is 0 Å². The number of aryl methyl sites for hydroxylation is 1. The molecule has 6 heteroatoms. The molecule has 0 aromatic carbocycles. The Labute approximate surface area is 137 Å². The fourth-order valence-electron chi connectivity index (χ4n) is 2.16. The molecule has 1 aromatic heterocycles. The summed E-state index contributed by atoms with van der Waals surface area (Å²) in [5, 5.41) is 14.7. The van der Waals surface area contributed by atoms with Gasteiger partial charge in [-0.2, -0.15) is 5.10 Å². The van der Waals surface area contributed by atoms with Gasteiger partial charge in [0.15, 0.2) is 0 Å². The van der Waals surface area contributed by atoms with Gasteiger partial charge in [-0.15, -0.1) is 0 Å². The van der Waals surface area contributed by atoms with Crippen LogP contribution in [-0.4, -0.2) is 44.9 Å². The van der Waals surface area contributed by atoms with Crippen molar-refractivity contribution in [3.05, 3.63) is 22.5 Å². The molecule has 1 N–H and O–H groups in total. The summed E-state index contributed by atoms with van der Waals surface area (Å²) in [6, 6.07) is 0. The molecule has 0 saturated heterocycles. The van der Waals surface area contributed by atoms with E-state index in [9.17, 15) is 9.90 Å². The lowest BCUT2D eigenvalue weighted by atomic mass is 10.1. The fraction of sp³-hybridized carbons (Fsp3) is 0.625. The van der Waals surface area contributed by atoms with Gasteiger partial charge in [0.25, 0.3) is 0 Å². The number of rotatable bonds is 6. The fourth-order valence-corrected chi connectivity index (χ4v) is 2.47. The zero-order chi connectivity index (χ0) is 17.1. The molecule has 0 aliphatic carbocycles. The normalized spacial score (nSPS) is 12.4. The van der Waals surface area contributed by atoms with Gasteiger partial charge in [-0.25, -0.2) is 0 Å². The summed E-state index contributed by atoms with van der Waals surface area (Å²) in [7, 11) is 1.65. The van der Waals surface area contributed by atoms with Crippen molar-refractivity contribution in [2.75, 3.05) is 13.6 Å². The van der Waals surface area contributed by atoms with E-state index >= 15 is 0 Å². The third-order valence-corrected chi connectivity index (χ3v) is 3.44. The molecule has 0 unspecified atom stereocenters. The predicted molar refractivity (Wildman–Crippen MR) is 89.8 cm³/mol. The molecule has 0 aliphatic heterocycles. The molecule has 0 bridgehead atoms. The Morgan fingerprint density at radius 1 is 1.50 bits per heavy atom. The highest BCUT2D eigenvalue weighted by molar-refractivity contribution is 6.31. The molecule has 1 heterocycles. The maximum Gasteiger partial charge on any atom is 0.246 e. The Bertz CT molecular complexity index is 556. The van der Waals surface area contributed by atoms with Gasteiger partial charge in [-0.3, -0.25) is 9.48 Å². The minimum atomic E-state index is -0.923. The van der Waals surface area contributed by atoms with Crippen molar-refractivity contribution in [2.24, 2.45) is 5.92 Å². The van der Waals surface area contributed by atoms with Gasteiger partial charge < -0.3 is 10.0 Å². The SMILES string of the molecule is Cc1nn(CC(C)C)c(Cl)c1/C=C/C(=O)N(C)CC(C)(C)O.